The molecule has 0 bridgehead atoms. The van der Waals surface area contributed by atoms with Gasteiger partial charge in [0, 0.05) is 10.6 Å². The molecule has 0 saturated carbocycles. The summed E-state index contributed by atoms with van der Waals surface area (Å²) in [6, 6.07) is 27.3. The number of hydrogen-bond acceptors (Lipinski definition) is 1. The molecule has 0 saturated heterocycles. The van der Waals surface area contributed by atoms with Gasteiger partial charge in [-0.2, -0.15) is 0 Å². The molecule has 29 heavy (non-hydrogen) atoms. The lowest BCUT2D eigenvalue weighted by Gasteiger charge is -2.22. The molecule has 0 heterocycles. The molecule has 148 valence electrons. The van der Waals surface area contributed by atoms with Gasteiger partial charge in [0.05, 0.1) is 6.04 Å². The predicted octanol–water partition coefficient (Wildman–Crippen LogP) is 6.78. The number of amides is 1. The Hall–Kier alpha value is -2.84. The summed E-state index contributed by atoms with van der Waals surface area (Å²) in [7, 11) is 0. The Morgan fingerprint density at radius 3 is 2.10 bits per heavy atom. The molecule has 0 fully saturated rings. The lowest BCUT2D eigenvalue weighted by atomic mass is 9.95. The van der Waals surface area contributed by atoms with Gasteiger partial charge in [-0.3, -0.25) is 4.79 Å². The first-order chi connectivity index (χ1) is 14.0. The van der Waals surface area contributed by atoms with Gasteiger partial charge in [-0.05, 0) is 41.2 Å². The van der Waals surface area contributed by atoms with Crippen molar-refractivity contribution in [3.8, 4) is 0 Å². The van der Waals surface area contributed by atoms with Gasteiger partial charge in [0.25, 0.3) is 5.91 Å². The summed E-state index contributed by atoms with van der Waals surface area (Å²) in [4.78, 5) is 13.4. The summed E-state index contributed by atoms with van der Waals surface area (Å²) >= 11 is 6.35. The first-order valence-corrected chi connectivity index (χ1v) is 10.3. The third-order valence-corrected chi connectivity index (χ3v) is 5.09. The molecule has 1 amide bonds. The van der Waals surface area contributed by atoms with Gasteiger partial charge < -0.3 is 5.32 Å². The molecule has 3 aromatic carbocycles. The van der Waals surface area contributed by atoms with Crippen molar-refractivity contribution in [3.05, 3.63) is 107 Å². The summed E-state index contributed by atoms with van der Waals surface area (Å²) in [6.07, 6.45) is 2.73. The van der Waals surface area contributed by atoms with Crippen LogP contribution in [0.2, 0.25) is 5.02 Å². The number of carbonyl (C=O) groups excluding carboxylic acids is 1. The van der Waals surface area contributed by atoms with E-state index < -0.39 is 0 Å². The fourth-order valence-electron chi connectivity index (χ4n) is 3.32. The lowest BCUT2D eigenvalue weighted by Crippen LogP contribution is -2.30. The zero-order valence-electron chi connectivity index (χ0n) is 16.8. The highest BCUT2D eigenvalue weighted by atomic mass is 35.5. The van der Waals surface area contributed by atoms with Gasteiger partial charge in [0.15, 0.2) is 0 Å². The Bertz CT molecular complexity index is 964. The minimum absolute atomic E-state index is 0.0537. The molecule has 1 N–H and O–H groups in total. The van der Waals surface area contributed by atoms with E-state index in [2.05, 4.69) is 31.3 Å². The minimum atomic E-state index is -0.106. The molecule has 0 aliphatic carbocycles. The van der Waals surface area contributed by atoms with E-state index in [1.807, 2.05) is 78.9 Å². The molecule has 3 rings (SSSR count). The van der Waals surface area contributed by atoms with Crippen molar-refractivity contribution in [2.24, 2.45) is 5.92 Å². The Balaban J connectivity index is 1.97. The van der Waals surface area contributed by atoms with Gasteiger partial charge in [0.2, 0.25) is 0 Å². The second kappa shape index (κ2) is 10.1. The van der Waals surface area contributed by atoms with Gasteiger partial charge in [-0.25, -0.2) is 0 Å². The van der Waals surface area contributed by atoms with Crippen LogP contribution >= 0.6 is 11.6 Å². The molecule has 0 radical (unpaired) electrons. The highest BCUT2D eigenvalue weighted by Gasteiger charge is 2.20. The van der Waals surface area contributed by atoms with E-state index >= 15 is 0 Å². The van der Waals surface area contributed by atoms with Crippen LogP contribution in [0.1, 0.15) is 43.0 Å². The molecular weight excluding hydrogens is 378 g/mol. The number of carbonyl (C=O) groups is 1. The molecule has 0 aliphatic rings. The summed E-state index contributed by atoms with van der Waals surface area (Å²) in [6.45, 7) is 4.33. The van der Waals surface area contributed by atoms with Crippen LogP contribution in [0.4, 0.5) is 0 Å². The van der Waals surface area contributed by atoms with E-state index in [1.54, 1.807) is 0 Å². The standard InChI is InChI=1S/C26H26ClNO/c1-19(2)17-25(21-13-7-4-8-14-21)28-26(29)23(20-11-5-3-6-12-20)18-22-15-9-10-16-24(22)27/h3-16,18-19,25H,17H2,1-2H3,(H,28,29)/b23-18+. The molecule has 0 spiro atoms. The summed E-state index contributed by atoms with van der Waals surface area (Å²) in [5.41, 5.74) is 3.40. The zero-order chi connectivity index (χ0) is 20.6. The van der Waals surface area contributed by atoms with E-state index in [9.17, 15) is 4.79 Å². The first kappa shape index (κ1) is 20.9. The third kappa shape index (κ3) is 5.82. The Morgan fingerprint density at radius 2 is 1.48 bits per heavy atom. The van der Waals surface area contributed by atoms with E-state index in [-0.39, 0.29) is 11.9 Å². The average Bonchev–Trinajstić information content (AvgIpc) is 2.73. The Kier molecular flexibility index (Phi) is 7.26. The smallest absolute Gasteiger partial charge is 0.252 e. The van der Waals surface area contributed by atoms with Crippen LogP contribution in [0.5, 0.6) is 0 Å². The second-order valence-electron chi connectivity index (χ2n) is 7.51. The van der Waals surface area contributed by atoms with Crippen molar-refractivity contribution < 1.29 is 4.79 Å². The van der Waals surface area contributed by atoms with Crippen molar-refractivity contribution in [2.45, 2.75) is 26.3 Å². The van der Waals surface area contributed by atoms with Crippen LogP contribution < -0.4 is 5.32 Å². The van der Waals surface area contributed by atoms with Crippen molar-refractivity contribution in [1.82, 2.24) is 5.32 Å². The molecule has 3 heteroatoms. The first-order valence-electron chi connectivity index (χ1n) is 9.92. The number of rotatable bonds is 7. The number of halogens is 1. The summed E-state index contributed by atoms with van der Waals surface area (Å²) < 4.78 is 0. The summed E-state index contributed by atoms with van der Waals surface area (Å²) in [5, 5.41) is 3.87. The topological polar surface area (TPSA) is 29.1 Å². The second-order valence-corrected chi connectivity index (χ2v) is 7.92. The summed E-state index contributed by atoms with van der Waals surface area (Å²) in [5.74, 6) is 0.346. The molecule has 0 aliphatic heterocycles. The van der Waals surface area contributed by atoms with Crippen LogP contribution in [-0.4, -0.2) is 5.91 Å². The van der Waals surface area contributed by atoms with Crippen LogP contribution in [0, 0.1) is 5.92 Å². The van der Waals surface area contributed by atoms with Crippen molar-refractivity contribution in [2.75, 3.05) is 0 Å². The molecular formula is C26H26ClNO. The van der Waals surface area contributed by atoms with E-state index in [1.165, 1.54) is 0 Å². The SMILES string of the molecule is CC(C)CC(NC(=O)/C(=C/c1ccccc1Cl)c1ccccc1)c1ccccc1. The highest BCUT2D eigenvalue weighted by molar-refractivity contribution is 6.33. The van der Waals surface area contributed by atoms with Crippen LogP contribution in [0.3, 0.4) is 0 Å². The Labute approximate surface area is 178 Å². The van der Waals surface area contributed by atoms with Crippen molar-refractivity contribution >= 4 is 29.2 Å². The van der Waals surface area contributed by atoms with Gasteiger partial charge in [-0.15, -0.1) is 0 Å². The Morgan fingerprint density at radius 1 is 0.897 bits per heavy atom. The third-order valence-electron chi connectivity index (χ3n) is 4.75. The monoisotopic (exact) mass is 403 g/mol. The quantitative estimate of drug-likeness (QED) is 0.341. The molecule has 0 aromatic heterocycles. The van der Waals surface area contributed by atoms with E-state index in [0.29, 0.717) is 16.5 Å². The highest BCUT2D eigenvalue weighted by Crippen LogP contribution is 2.26. The van der Waals surface area contributed by atoms with E-state index in [4.69, 9.17) is 11.6 Å². The normalized spacial score (nSPS) is 12.6. The van der Waals surface area contributed by atoms with Crippen molar-refractivity contribution in [1.29, 1.82) is 0 Å². The average molecular weight is 404 g/mol. The number of nitrogens with one attached hydrogen (secondary N) is 1. The molecule has 1 unspecified atom stereocenters. The molecule has 2 nitrogen and oxygen atoms in total. The minimum Gasteiger partial charge on any atom is -0.345 e. The number of benzene rings is 3. The molecule has 3 aromatic rings. The van der Waals surface area contributed by atoms with Crippen LogP contribution in [0.25, 0.3) is 11.6 Å². The number of hydrogen-bond donors (Lipinski definition) is 1. The molecule has 1 atom stereocenters. The largest absolute Gasteiger partial charge is 0.345 e. The van der Waals surface area contributed by atoms with Gasteiger partial charge >= 0.3 is 0 Å². The fraction of sp³-hybridized carbons (Fsp3) is 0.192. The van der Waals surface area contributed by atoms with Crippen molar-refractivity contribution in [3.63, 3.8) is 0 Å². The maximum absolute atomic E-state index is 13.4. The van der Waals surface area contributed by atoms with Crippen LogP contribution in [0.15, 0.2) is 84.9 Å². The maximum Gasteiger partial charge on any atom is 0.252 e. The maximum atomic E-state index is 13.4. The fourth-order valence-corrected chi connectivity index (χ4v) is 3.51. The zero-order valence-corrected chi connectivity index (χ0v) is 17.6. The van der Waals surface area contributed by atoms with Gasteiger partial charge in [0.1, 0.15) is 0 Å². The van der Waals surface area contributed by atoms with Crippen LogP contribution in [-0.2, 0) is 4.79 Å². The predicted molar refractivity (Wildman–Crippen MR) is 123 cm³/mol. The van der Waals surface area contributed by atoms with E-state index in [0.717, 1.165) is 23.1 Å². The van der Waals surface area contributed by atoms with Gasteiger partial charge in [-0.1, -0.05) is 104 Å². The lowest BCUT2D eigenvalue weighted by molar-refractivity contribution is -0.116.